The zero-order valence-electron chi connectivity index (χ0n) is 9.04. The van der Waals surface area contributed by atoms with Gasteiger partial charge in [0, 0.05) is 38.3 Å². The van der Waals surface area contributed by atoms with Gasteiger partial charge >= 0.3 is 12.1 Å². The lowest BCUT2D eigenvalue weighted by Crippen LogP contribution is -2.41. The van der Waals surface area contributed by atoms with Crippen LogP contribution >= 0.6 is 15.9 Å². The summed E-state index contributed by atoms with van der Waals surface area (Å²) in [5.74, 6) is 0. The number of piperidine rings is 1. The van der Waals surface area contributed by atoms with Crippen LogP contribution in [0.15, 0.2) is 16.9 Å². The first-order valence-corrected chi connectivity index (χ1v) is 6.06. The maximum Gasteiger partial charge on any atom is 0.407 e. The van der Waals surface area contributed by atoms with Gasteiger partial charge in [-0.3, -0.25) is 0 Å². The number of ether oxygens (including phenoxy) is 1. The Balaban J connectivity index is 1.85. The molecule has 2 heterocycles. The van der Waals surface area contributed by atoms with E-state index in [2.05, 4.69) is 25.9 Å². The van der Waals surface area contributed by atoms with Crippen LogP contribution in [0, 0.1) is 0 Å². The molecule has 92 valence electrons. The van der Waals surface area contributed by atoms with Gasteiger partial charge in [-0.1, -0.05) is 0 Å². The van der Waals surface area contributed by atoms with Gasteiger partial charge in [-0.05, 0) is 15.9 Å². The minimum Gasteiger partial charge on any atom is -0.465 e. The summed E-state index contributed by atoms with van der Waals surface area (Å²) in [5, 5.41) is 8.80. The molecule has 1 saturated heterocycles. The van der Waals surface area contributed by atoms with Crippen molar-refractivity contribution in [1.82, 2.24) is 14.9 Å². The Labute approximate surface area is 107 Å². The maximum absolute atomic E-state index is 10.7. The van der Waals surface area contributed by atoms with Crippen molar-refractivity contribution in [3.8, 4) is 6.01 Å². The Morgan fingerprint density at radius 1 is 1.41 bits per heavy atom. The van der Waals surface area contributed by atoms with Gasteiger partial charge in [-0.2, -0.15) is 0 Å². The molecule has 1 aromatic rings. The second kappa shape index (κ2) is 5.31. The van der Waals surface area contributed by atoms with Crippen LogP contribution in [0.25, 0.3) is 0 Å². The molecule has 1 amide bonds. The van der Waals surface area contributed by atoms with Gasteiger partial charge in [0.15, 0.2) is 0 Å². The number of carbonyl (C=O) groups is 1. The maximum atomic E-state index is 10.7. The minimum atomic E-state index is -0.872. The fourth-order valence-electron chi connectivity index (χ4n) is 1.68. The smallest absolute Gasteiger partial charge is 0.407 e. The molecule has 1 aromatic heterocycles. The summed E-state index contributed by atoms with van der Waals surface area (Å²) in [7, 11) is 0. The van der Waals surface area contributed by atoms with E-state index in [0.29, 0.717) is 31.9 Å². The Bertz CT molecular complexity index is 390. The third-order valence-electron chi connectivity index (χ3n) is 2.58. The molecule has 0 bridgehead atoms. The number of likely N-dealkylation sites (tertiary alicyclic amines) is 1. The predicted molar refractivity (Wildman–Crippen MR) is 63.0 cm³/mol. The van der Waals surface area contributed by atoms with E-state index in [9.17, 15) is 4.79 Å². The molecule has 1 N–H and O–H groups in total. The monoisotopic (exact) mass is 301 g/mol. The summed E-state index contributed by atoms with van der Waals surface area (Å²) < 4.78 is 6.37. The standard InChI is InChI=1S/C10H12BrN3O3/c11-7-5-12-9(13-6-7)17-8-1-3-14(4-2-8)10(15)16/h5-6,8H,1-4H2,(H,15,16). The second-order valence-electron chi connectivity index (χ2n) is 3.77. The van der Waals surface area contributed by atoms with Crippen molar-refractivity contribution in [2.75, 3.05) is 13.1 Å². The zero-order chi connectivity index (χ0) is 12.3. The summed E-state index contributed by atoms with van der Waals surface area (Å²) in [6.07, 6.45) is 3.70. The number of aromatic nitrogens is 2. The van der Waals surface area contributed by atoms with Crippen molar-refractivity contribution in [1.29, 1.82) is 0 Å². The van der Waals surface area contributed by atoms with Gasteiger partial charge in [0.05, 0.1) is 4.47 Å². The van der Waals surface area contributed by atoms with Crippen LogP contribution in [0.4, 0.5) is 4.79 Å². The van der Waals surface area contributed by atoms with Gasteiger partial charge in [0.1, 0.15) is 6.10 Å². The van der Waals surface area contributed by atoms with E-state index in [-0.39, 0.29) is 6.10 Å². The third-order valence-corrected chi connectivity index (χ3v) is 2.99. The molecule has 0 spiro atoms. The van der Waals surface area contributed by atoms with Gasteiger partial charge in [-0.15, -0.1) is 0 Å². The number of rotatable bonds is 2. The lowest BCUT2D eigenvalue weighted by atomic mass is 10.1. The average Bonchev–Trinajstić information content (AvgIpc) is 2.33. The lowest BCUT2D eigenvalue weighted by molar-refractivity contribution is 0.0843. The molecule has 0 radical (unpaired) electrons. The van der Waals surface area contributed by atoms with E-state index < -0.39 is 6.09 Å². The summed E-state index contributed by atoms with van der Waals surface area (Å²) in [5.41, 5.74) is 0. The number of hydrogen-bond acceptors (Lipinski definition) is 4. The van der Waals surface area contributed by atoms with Gasteiger partial charge in [-0.25, -0.2) is 14.8 Å². The van der Waals surface area contributed by atoms with E-state index in [0.717, 1.165) is 4.47 Å². The topological polar surface area (TPSA) is 75.5 Å². The molecule has 7 heteroatoms. The highest BCUT2D eigenvalue weighted by Crippen LogP contribution is 2.16. The normalized spacial score (nSPS) is 16.9. The first-order valence-electron chi connectivity index (χ1n) is 5.27. The van der Waals surface area contributed by atoms with Crippen LogP contribution in [-0.4, -0.2) is 45.3 Å². The van der Waals surface area contributed by atoms with E-state index in [1.54, 1.807) is 12.4 Å². The fraction of sp³-hybridized carbons (Fsp3) is 0.500. The molecule has 0 aliphatic carbocycles. The quantitative estimate of drug-likeness (QED) is 0.901. The Morgan fingerprint density at radius 3 is 2.53 bits per heavy atom. The first-order chi connectivity index (χ1) is 8.15. The van der Waals surface area contributed by atoms with E-state index in [1.165, 1.54) is 4.90 Å². The molecule has 0 atom stereocenters. The molecule has 0 unspecified atom stereocenters. The third kappa shape index (κ3) is 3.29. The molecule has 2 rings (SSSR count). The highest BCUT2D eigenvalue weighted by atomic mass is 79.9. The highest BCUT2D eigenvalue weighted by molar-refractivity contribution is 9.10. The molecule has 1 aliphatic rings. The molecular formula is C10H12BrN3O3. The fourth-order valence-corrected chi connectivity index (χ4v) is 1.88. The molecule has 0 aromatic carbocycles. The average molecular weight is 302 g/mol. The summed E-state index contributed by atoms with van der Waals surface area (Å²) >= 11 is 3.24. The van der Waals surface area contributed by atoms with Crippen molar-refractivity contribution >= 4 is 22.0 Å². The van der Waals surface area contributed by atoms with E-state index in [4.69, 9.17) is 9.84 Å². The summed E-state index contributed by atoms with van der Waals surface area (Å²) in [4.78, 5) is 20.1. The summed E-state index contributed by atoms with van der Waals surface area (Å²) in [6.45, 7) is 0.993. The summed E-state index contributed by atoms with van der Waals surface area (Å²) in [6, 6.07) is 0.335. The zero-order valence-corrected chi connectivity index (χ0v) is 10.6. The van der Waals surface area contributed by atoms with Crippen molar-refractivity contribution in [2.24, 2.45) is 0 Å². The van der Waals surface area contributed by atoms with Crippen LogP contribution in [0.2, 0.25) is 0 Å². The van der Waals surface area contributed by atoms with Crippen LogP contribution in [0.1, 0.15) is 12.8 Å². The second-order valence-corrected chi connectivity index (χ2v) is 4.69. The molecular weight excluding hydrogens is 290 g/mol. The van der Waals surface area contributed by atoms with Gasteiger partial charge in [0.2, 0.25) is 0 Å². The SMILES string of the molecule is O=C(O)N1CCC(Oc2ncc(Br)cn2)CC1. The Morgan fingerprint density at radius 2 is 2.00 bits per heavy atom. The number of nitrogens with zero attached hydrogens (tertiary/aromatic N) is 3. The van der Waals surface area contributed by atoms with Crippen LogP contribution in [-0.2, 0) is 0 Å². The molecule has 0 saturated carbocycles. The number of halogens is 1. The van der Waals surface area contributed by atoms with Crippen molar-refractivity contribution in [3.05, 3.63) is 16.9 Å². The number of carboxylic acid groups (broad SMARTS) is 1. The molecule has 6 nitrogen and oxygen atoms in total. The molecule has 1 aliphatic heterocycles. The van der Waals surface area contributed by atoms with Crippen molar-refractivity contribution in [3.63, 3.8) is 0 Å². The molecule has 17 heavy (non-hydrogen) atoms. The Kier molecular flexibility index (Phi) is 3.78. The van der Waals surface area contributed by atoms with Crippen LogP contribution in [0.5, 0.6) is 6.01 Å². The van der Waals surface area contributed by atoms with Crippen LogP contribution in [0.3, 0.4) is 0 Å². The predicted octanol–water partition coefficient (Wildman–Crippen LogP) is 1.76. The first kappa shape index (κ1) is 12.1. The molecule has 1 fully saturated rings. The van der Waals surface area contributed by atoms with Crippen LogP contribution < -0.4 is 4.74 Å². The van der Waals surface area contributed by atoms with E-state index >= 15 is 0 Å². The number of hydrogen-bond donors (Lipinski definition) is 1. The van der Waals surface area contributed by atoms with Gasteiger partial charge < -0.3 is 14.7 Å². The Hall–Kier alpha value is -1.37. The minimum absolute atomic E-state index is 0.00762. The lowest BCUT2D eigenvalue weighted by Gasteiger charge is -2.29. The largest absolute Gasteiger partial charge is 0.465 e. The van der Waals surface area contributed by atoms with Gasteiger partial charge in [0.25, 0.3) is 0 Å². The highest BCUT2D eigenvalue weighted by Gasteiger charge is 2.23. The number of amides is 1. The van der Waals surface area contributed by atoms with Crippen molar-refractivity contribution < 1.29 is 14.6 Å². The van der Waals surface area contributed by atoms with E-state index in [1.807, 2.05) is 0 Å². The van der Waals surface area contributed by atoms with Crippen molar-refractivity contribution in [2.45, 2.75) is 18.9 Å².